The summed E-state index contributed by atoms with van der Waals surface area (Å²) in [7, 11) is 1.75. The molecular weight excluding hydrogens is 247 g/mol. The lowest BCUT2D eigenvalue weighted by Gasteiger charge is -2.19. The van der Waals surface area contributed by atoms with Crippen molar-refractivity contribution in [2.24, 2.45) is 0 Å². The number of rotatable bonds is 4. The number of nitro groups is 1. The highest BCUT2D eigenvalue weighted by Crippen LogP contribution is 2.24. The lowest BCUT2D eigenvalue weighted by molar-refractivity contribution is -0.385. The van der Waals surface area contributed by atoms with Crippen LogP contribution >= 0.6 is 0 Å². The summed E-state index contributed by atoms with van der Waals surface area (Å²) >= 11 is 0. The molecule has 98 valence electrons. The highest BCUT2D eigenvalue weighted by atomic mass is 19.1. The van der Waals surface area contributed by atoms with E-state index in [-0.39, 0.29) is 5.69 Å². The first-order valence-corrected chi connectivity index (χ1v) is 5.77. The Morgan fingerprint density at radius 1 is 1.21 bits per heavy atom. The molecule has 0 aliphatic heterocycles. The van der Waals surface area contributed by atoms with Gasteiger partial charge in [-0.15, -0.1) is 0 Å². The number of nitrogens with zero attached hydrogens (tertiary/aromatic N) is 2. The van der Waals surface area contributed by atoms with Crippen LogP contribution in [0, 0.1) is 15.9 Å². The molecule has 0 N–H and O–H groups in total. The minimum atomic E-state index is -0.607. The molecule has 0 heterocycles. The van der Waals surface area contributed by atoms with E-state index in [1.807, 2.05) is 30.3 Å². The fourth-order valence-corrected chi connectivity index (χ4v) is 1.86. The summed E-state index contributed by atoms with van der Waals surface area (Å²) in [6, 6.07) is 13.3. The molecule has 19 heavy (non-hydrogen) atoms. The highest BCUT2D eigenvalue weighted by Gasteiger charge is 2.13. The zero-order valence-corrected chi connectivity index (χ0v) is 10.4. The molecule has 0 unspecified atom stereocenters. The molecule has 5 heteroatoms. The number of hydrogen-bond acceptors (Lipinski definition) is 3. The third kappa shape index (κ3) is 3.07. The zero-order chi connectivity index (χ0) is 13.8. The minimum Gasteiger partial charge on any atom is -0.368 e. The van der Waals surface area contributed by atoms with Crippen LogP contribution in [0.2, 0.25) is 0 Å². The van der Waals surface area contributed by atoms with Gasteiger partial charge in [-0.05, 0) is 11.6 Å². The lowest BCUT2D eigenvalue weighted by Crippen LogP contribution is -2.17. The molecule has 4 nitrogen and oxygen atoms in total. The topological polar surface area (TPSA) is 46.4 Å². The van der Waals surface area contributed by atoms with E-state index >= 15 is 0 Å². The maximum absolute atomic E-state index is 13.8. The van der Waals surface area contributed by atoms with Crippen LogP contribution in [-0.2, 0) is 6.54 Å². The molecular formula is C14H13FN2O2. The summed E-state index contributed by atoms with van der Waals surface area (Å²) in [6.45, 7) is 0.537. The predicted octanol–water partition coefficient (Wildman–Crippen LogP) is 3.37. The summed E-state index contributed by atoms with van der Waals surface area (Å²) < 4.78 is 13.8. The Labute approximate surface area is 110 Å². The molecule has 0 bridgehead atoms. The number of hydrogen-bond donors (Lipinski definition) is 0. The van der Waals surface area contributed by atoms with Gasteiger partial charge in [0.1, 0.15) is 0 Å². The average Bonchev–Trinajstić information content (AvgIpc) is 2.39. The molecule has 0 aliphatic rings. The number of non-ortho nitro benzene ring substituents is 1. The summed E-state index contributed by atoms with van der Waals surface area (Å²) in [4.78, 5) is 11.7. The molecule has 0 spiro atoms. The van der Waals surface area contributed by atoms with Gasteiger partial charge in [0.15, 0.2) is 5.82 Å². The van der Waals surface area contributed by atoms with Crippen LogP contribution in [0.25, 0.3) is 0 Å². The van der Waals surface area contributed by atoms with E-state index in [4.69, 9.17) is 0 Å². The van der Waals surface area contributed by atoms with Crippen molar-refractivity contribution >= 4 is 11.4 Å². The van der Waals surface area contributed by atoms with E-state index in [2.05, 4.69) is 0 Å². The molecule has 0 amide bonds. The van der Waals surface area contributed by atoms with E-state index < -0.39 is 10.7 Å². The van der Waals surface area contributed by atoms with Gasteiger partial charge in [0, 0.05) is 19.7 Å². The van der Waals surface area contributed by atoms with Crippen LogP contribution < -0.4 is 4.90 Å². The quantitative estimate of drug-likeness (QED) is 0.625. The molecule has 2 rings (SSSR count). The van der Waals surface area contributed by atoms with Crippen molar-refractivity contribution in [3.8, 4) is 0 Å². The summed E-state index contributed by atoms with van der Waals surface area (Å²) in [5.74, 6) is -0.590. The molecule has 0 aromatic heterocycles. The second-order valence-corrected chi connectivity index (χ2v) is 4.23. The Morgan fingerprint density at radius 2 is 1.89 bits per heavy atom. The van der Waals surface area contributed by atoms with Crippen LogP contribution in [-0.4, -0.2) is 12.0 Å². The summed E-state index contributed by atoms with van der Waals surface area (Å²) in [5, 5.41) is 10.6. The maximum Gasteiger partial charge on any atom is 0.272 e. The summed E-state index contributed by atoms with van der Waals surface area (Å²) in [6.07, 6.45) is 0. The van der Waals surface area contributed by atoms with Gasteiger partial charge in [-0.3, -0.25) is 10.1 Å². The Kier molecular flexibility index (Phi) is 3.75. The van der Waals surface area contributed by atoms with Gasteiger partial charge in [-0.2, -0.15) is 0 Å². The van der Waals surface area contributed by atoms with E-state index in [1.165, 1.54) is 12.1 Å². The first kappa shape index (κ1) is 13.0. The smallest absolute Gasteiger partial charge is 0.272 e. The van der Waals surface area contributed by atoms with Gasteiger partial charge < -0.3 is 4.90 Å². The first-order chi connectivity index (χ1) is 9.08. The zero-order valence-electron chi connectivity index (χ0n) is 10.4. The van der Waals surface area contributed by atoms with Crippen LogP contribution in [0.15, 0.2) is 48.5 Å². The van der Waals surface area contributed by atoms with Crippen LogP contribution in [0.4, 0.5) is 15.8 Å². The van der Waals surface area contributed by atoms with Crippen molar-refractivity contribution in [1.82, 2.24) is 0 Å². The molecule has 0 aliphatic carbocycles. The number of benzene rings is 2. The Morgan fingerprint density at radius 3 is 2.47 bits per heavy atom. The third-order valence-corrected chi connectivity index (χ3v) is 2.82. The van der Waals surface area contributed by atoms with Gasteiger partial charge in [0.2, 0.25) is 0 Å². The average molecular weight is 260 g/mol. The second-order valence-electron chi connectivity index (χ2n) is 4.23. The maximum atomic E-state index is 13.8. The van der Waals surface area contributed by atoms with Gasteiger partial charge in [-0.25, -0.2) is 4.39 Å². The Bertz CT molecular complexity index is 587. The first-order valence-electron chi connectivity index (χ1n) is 5.77. The fourth-order valence-electron chi connectivity index (χ4n) is 1.86. The van der Waals surface area contributed by atoms with E-state index in [0.717, 1.165) is 11.6 Å². The van der Waals surface area contributed by atoms with Crippen molar-refractivity contribution in [2.75, 3.05) is 11.9 Å². The van der Waals surface area contributed by atoms with Gasteiger partial charge >= 0.3 is 0 Å². The van der Waals surface area contributed by atoms with E-state index in [9.17, 15) is 14.5 Å². The molecule has 2 aromatic carbocycles. The fraction of sp³-hybridized carbons (Fsp3) is 0.143. The molecule has 0 saturated carbocycles. The standard InChI is InChI=1S/C14H13FN2O2/c1-16(10-11-5-3-2-4-6-11)14-8-7-12(17(18)19)9-13(14)15/h2-9H,10H2,1H3. The van der Waals surface area contributed by atoms with Gasteiger partial charge in [0.05, 0.1) is 16.7 Å². The second kappa shape index (κ2) is 5.48. The normalized spacial score (nSPS) is 10.2. The Hall–Kier alpha value is -2.43. The lowest BCUT2D eigenvalue weighted by atomic mass is 10.2. The van der Waals surface area contributed by atoms with Gasteiger partial charge in [-0.1, -0.05) is 30.3 Å². The SMILES string of the molecule is CN(Cc1ccccc1)c1ccc([N+](=O)[O-])cc1F. The van der Waals surface area contributed by atoms with E-state index in [1.54, 1.807) is 11.9 Å². The predicted molar refractivity (Wildman–Crippen MR) is 71.6 cm³/mol. The van der Waals surface area contributed by atoms with Crippen LogP contribution in [0.1, 0.15) is 5.56 Å². The highest BCUT2D eigenvalue weighted by molar-refractivity contribution is 5.52. The monoisotopic (exact) mass is 260 g/mol. The van der Waals surface area contributed by atoms with Crippen LogP contribution in [0.5, 0.6) is 0 Å². The van der Waals surface area contributed by atoms with Crippen LogP contribution in [0.3, 0.4) is 0 Å². The molecule has 0 radical (unpaired) electrons. The van der Waals surface area contributed by atoms with Gasteiger partial charge in [0.25, 0.3) is 5.69 Å². The molecule has 2 aromatic rings. The molecule has 0 atom stereocenters. The summed E-state index contributed by atoms with van der Waals surface area (Å²) in [5.41, 5.74) is 1.14. The molecule has 0 fully saturated rings. The van der Waals surface area contributed by atoms with Crippen molar-refractivity contribution in [3.63, 3.8) is 0 Å². The van der Waals surface area contributed by atoms with Crippen molar-refractivity contribution in [1.29, 1.82) is 0 Å². The number of nitro benzene ring substituents is 1. The van der Waals surface area contributed by atoms with Crippen molar-refractivity contribution < 1.29 is 9.31 Å². The minimum absolute atomic E-state index is 0.241. The Balaban J connectivity index is 2.20. The molecule has 0 saturated heterocycles. The largest absolute Gasteiger partial charge is 0.368 e. The number of halogens is 1. The van der Waals surface area contributed by atoms with Crippen molar-refractivity contribution in [2.45, 2.75) is 6.54 Å². The number of anilines is 1. The van der Waals surface area contributed by atoms with Crippen molar-refractivity contribution in [3.05, 3.63) is 70.0 Å². The van der Waals surface area contributed by atoms with E-state index in [0.29, 0.717) is 12.2 Å². The third-order valence-electron chi connectivity index (χ3n) is 2.82.